The standard InChI is InChI=1S/C33H32N4O4/c1-39-30-17-8-13-26(32(30)38)28-15-6-11-24(35-28)21-37(20-23-10-4-5-19-34-23)22-25-12-7-16-29(36-25)27-14-9-18-31(40-2)33(27)41-3/h4-19,38H,20-22H2,1-3H3. The van der Waals surface area contributed by atoms with Crippen LogP contribution in [-0.2, 0) is 19.6 Å². The molecule has 5 rings (SSSR count). The van der Waals surface area contributed by atoms with Crippen LogP contribution in [0.15, 0.2) is 97.2 Å². The van der Waals surface area contributed by atoms with E-state index in [2.05, 4.69) is 9.88 Å². The molecule has 0 unspecified atom stereocenters. The van der Waals surface area contributed by atoms with Gasteiger partial charge in [-0.3, -0.25) is 19.9 Å². The topological polar surface area (TPSA) is 89.8 Å². The molecule has 0 atom stereocenters. The normalized spacial score (nSPS) is 10.9. The molecule has 0 aliphatic heterocycles. The molecule has 8 heteroatoms. The zero-order valence-corrected chi connectivity index (χ0v) is 23.3. The maximum atomic E-state index is 10.7. The molecular formula is C33H32N4O4. The number of nitrogens with zero attached hydrogens (tertiary/aromatic N) is 4. The lowest BCUT2D eigenvalue weighted by atomic mass is 10.1. The van der Waals surface area contributed by atoms with Crippen molar-refractivity contribution in [2.24, 2.45) is 0 Å². The number of hydrogen-bond donors (Lipinski definition) is 1. The van der Waals surface area contributed by atoms with Crippen LogP contribution in [0.3, 0.4) is 0 Å². The highest BCUT2D eigenvalue weighted by Gasteiger charge is 2.16. The minimum atomic E-state index is 0.0685. The van der Waals surface area contributed by atoms with Crippen molar-refractivity contribution in [3.8, 4) is 45.5 Å². The van der Waals surface area contributed by atoms with Crippen molar-refractivity contribution in [2.75, 3.05) is 21.3 Å². The Bertz CT molecular complexity index is 1610. The van der Waals surface area contributed by atoms with Gasteiger partial charge in [-0.1, -0.05) is 30.3 Å². The third-order valence-electron chi connectivity index (χ3n) is 6.67. The molecule has 3 aromatic heterocycles. The SMILES string of the molecule is COc1cccc(-c2cccc(CN(Cc3ccccn3)Cc3cccc(-c4cccc(OC)c4OC)n3)n2)c1O. The number of rotatable bonds is 11. The van der Waals surface area contributed by atoms with Crippen molar-refractivity contribution < 1.29 is 19.3 Å². The van der Waals surface area contributed by atoms with Crippen molar-refractivity contribution in [1.29, 1.82) is 0 Å². The predicted molar refractivity (Wildman–Crippen MR) is 158 cm³/mol. The molecule has 0 radical (unpaired) electrons. The molecule has 0 fully saturated rings. The molecule has 208 valence electrons. The van der Waals surface area contributed by atoms with Gasteiger partial charge in [-0.25, -0.2) is 0 Å². The largest absolute Gasteiger partial charge is 0.504 e. The molecule has 1 N–H and O–H groups in total. The number of phenolic OH excluding ortho intramolecular Hbond substituents is 1. The molecule has 0 aliphatic rings. The van der Waals surface area contributed by atoms with Crippen molar-refractivity contribution in [2.45, 2.75) is 19.6 Å². The van der Waals surface area contributed by atoms with Crippen LogP contribution in [0.2, 0.25) is 0 Å². The highest BCUT2D eigenvalue weighted by molar-refractivity contribution is 5.71. The van der Waals surface area contributed by atoms with Gasteiger partial charge in [-0.2, -0.15) is 0 Å². The lowest BCUT2D eigenvalue weighted by Crippen LogP contribution is -2.24. The minimum absolute atomic E-state index is 0.0685. The molecule has 8 nitrogen and oxygen atoms in total. The number of methoxy groups -OCH3 is 3. The van der Waals surface area contributed by atoms with Crippen molar-refractivity contribution >= 4 is 0 Å². The number of para-hydroxylation sites is 2. The molecule has 41 heavy (non-hydrogen) atoms. The van der Waals surface area contributed by atoms with Crippen LogP contribution in [0.4, 0.5) is 0 Å². The van der Waals surface area contributed by atoms with Crippen LogP contribution in [-0.4, -0.2) is 46.3 Å². The quantitative estimate of drug-likeness (QED) is 0.211. The van der Waals surface area contributed by atoms with Gasteiger partial charge in [-0.15, -0.1) is 0 Å². The second kappa shape index (κ2) is 12.9. The number of benzene rings is 2. The molecule has 0 bridgehead atoms. The Balaban J connectivity index is 1.45. The van der Waals surface area contributed by atoms with E-state index >= 15 is 0 Å². The van der Waals surface area contributed by atoms with E-state index in [0.29, 0.717) is 48.1 Å². The Kier molecular flexibility index (Phi) is 8.71. The highest BCUT2D eigenvalue weighted by atomic mass is 16.5. The van der Waals surface area contributed by atoms with Gasteiger partial charge in [0.05, 0.1) is 49.8 Å². The summed E-state index contributed by atoms with van der Waals surface area (Å²) in [6.07, 6.45) is 1.80. The molecule has 0 aliphatic carbocycles. The summed E-state index contributed by atoms with van der Waals surface area (Å²) in [5, 5.41) is 10.7. The second-order valence-corrected chi connectivity index (χ2v) is 9.39. The first-order valence-electron chi connectivity index (χ1n) is 13.2. The minimum Gasteiger partial charge on any atom is -0.504 e. The molecular weight excluding hydrogens is 516 g/mol. The molecule has 5 aromatic rings. The molecule has 2 aromatic carbocycles. The number of ether oxygens (including phenoxy) is 3. The van der Waals surface area contributed by atoms with Gasteiger partial charge < -0.3 is 19.3 Å². The Morgan fingerprint density at radius 1 is 0.585 bits per heavy atom. The van der Waals surface area contributed by atoms with Crippen LogP contribution in [0, 0.1) is 0 Å². The summed E-state index contributed by atoms with van der Waals surface area (Å²) in [6, 6.07) is 28.9. The fraction of sp³-hybridized carbons (Fsp3) is 0.182. The first-order valence-corrected chi connectivity index (χ1v) is 13.2. The summed E-state index contributed by atoms with van der Waals surface area (Å²) < 4.78 is 16.4. The molecule has 0 saturated heterocycles. The van der Waals surface area contributed by atoms with Crippen LogP contribution < -0.4 is 14.2 Å². The summed E-state index contributed by atoms with van der Waals surface area (Å²) in [6.45, 7) is 1.71. The maximum absolute atomic E-state index is 10.7. The van der Waals surface area contributed by atoms with Gasteiger partial charge in [0.25, 0.3) is 0 Å². The molecule has 0 amide bonds. The average molecular weight is 549 g/mol. The summed E-state index contributed by atoms with van der Waals surface area (Å²) in [7, 11) is 4.79. The third kappa shape index (κ3) is 6.45. The number of hydrogen-bond acceptors (Lipinski definition) is 8. The van der Waals surface area contributed by atoms with Crippen LogP contribution in [0.25, 0.3) is 22.5 Å². The van der Waals surface area contributed by atoms with E-state index in [0.717, 1.165) is 28.3 Å². The predicted octanol–water partition coefficient (Wildman–Crippen LogP) is 6.14. The second-order valence-electron chi connectivity index (χ2n) is 9.39. The molecule has 3 heterocycles. The van der Waals surface area contributed by atoms with Gasteiger partial charge >= 0.3 is 0 Å². The van der Waals surface area contributed by atoms with E-state index in [1.165, 1.54) is 7.11 Å². The van der Waals surface area contributed by atoms with Gasteiger partial charge in [0.2, 0.25) is 0 Å². The summed E-state index contributed by atoms with van der Waals surface area (Å²) in [5.74, 6) is 1.78. The third-order valence-corrected chi connectivity index (χ3v) is 6.67. The van der Waals surface area contributed by atoms with E-state index < -0.39 is 0 Å². The van der Waals surface area contributed by atoms with E-state index in [4.69, 9.17) is 24.2 Å². The fourth-order valence-electron chi connectivity index (χ4n) is 4.76. The lowest BCUT2D eigenvalue weighted by molar-refractivity contribution is 0.239. The molecule has 0 saturated carbocycles. The fourth-order valence-corrected chi connectivity index (χ4v) is 4.76. The first-order chi connectivity index (χ1) is 20.1. The van der Waals surface area contributed by atoms with Gasteiger partial charge in [-0.05, 0) is 60.7 Å². The Labute approximate surface area is 239 Å². The Morgan fingerprint density at radius 3 is 1.76 bits per heavy atom. The van der Waals surface area contributed by atoms with E-state index in [-0.39, 0.29) is 5.75 Å². The van der Waals surface area contributed by atoms with Crippen LogP contribution >= 0.6 is 0 Å². The summed E-state index contributed by atoms with van der Waals surface area (Å²) in [5.41, 5.74) is 5.63. The highest BCUT2D eigenvalue weighted by Crippen LogP contribution is 2.37. The average Bonchev–Trinajstić information content (AvgIpc) is 3.01. The monoisotopic (exact) mass is 548 g/mol. The van der Waals surface area contributed by atoms with Gasteiger partial charge in [0.1, 0.15) is 0 Å². The smallest absolute Gasteiger partial charge is 0.170 e. The number of aromatic nitrogens is 3. The van der Waals surface area contributed by atoms with Crippen molar-refractivity contribution in [3.05, 3.63) is 114 Å². The van der Waals surface area contributed by atoms with Gasteiger partial charge in [0, 0.05) is 37.0 Å². The zero-order chi connectivity index (χ0) is 28.6. The summed E-state index contributed by atoms with van der Waals surface area (Å²) in [4.78, 5) is 16.7. The Hall–Kier alpha value is -4.95. The molecule has 0 spiro atoms. The first kappa shape index (κ1) is 27.6. The van der Waals surface area contributed by atoms with Crippen molar-refractivity contribution in [1.82, 2.24) is 19.9 Å². The van der Waals surface area contributed by atoms with Gasteiger partial charge in [0.15, 0.2) is 23.0 Å². The van der Waals surface area contributed by atoms with Crippen LogP contribution in [0.1, 0.15) is 17.1 Å². The van der Waals surface area contributed by atoms with E-state index in [9.17, 15) is 5.11 Å². The van der Waals surface area contributed by atoms with Crippen LogP contribution in [0.5, 0.6) is 23.0 Å². The number of aromatic hydroxyl groups is 1. The van der Waals surface area contributed by atoms with Crippen molar-refractivity contribution in [3.63, 3.8) is 0 Å². The summed E-state index contributed by atoms with van der Waals surface area (Å²) >= 11 is 0. The maximum Gasteiger partial charge on any atom is 0.170 e. The zero-order valence-electron chi connectivity index (χ0n) is 23.3. The number of phenols is 1. The lowest BCUT2D eigenvalue weighted by Gasteiger charge is -2.22. The number of pyridine rings is 3. The van der Waals surface area contributed by atoms with E-state index in [1.54, 1.807) is 26.5 Å². The Morgan fingerprint density at radius 2 is 1.15 bits per heavy atom. The van der Waals surface area contributed by atoms with E-state index in [1.807, 2.05) is 84.9 Å².